The average Bonchev–Trinajstić information content (AvgIpc) is 2.03. The first kappa shape index (κ1) is 11.2. The van der Waals surface area contributed by atoms with E-state index in [2.05, 4.69) is 6.58 Å². The third kappa shape index (κ3) is 4.13. The predicted octanol–water partition coefficient (Wildman–Crippen LogP) is 0.760. The predicted molar refractivity (Wildman–Crippen MR) is 50.7 cm³/mol. The number of likely N-dealkylation sites (N-methyl/N-ethyl adjacent to an activating group) is 1. The van der Waals surface area contributed by atoms with E-state index in [1.54, 1.807) is 18.9 Å². The van der Waals surface area contributed by atoms with Gasteiger partial charge in [-0.3, -0.25) is 4.79 Å². The molecule has 0 atom stereocenters. The van der Waals surface area contributed by atoms with E-state index in [0.717, 1.165) is 19.4 Å². The van der Waals surface area contributed by atoms with Crippen LogP contribution in [0.4, 0.5) is 0 Å². The zero-order chi connectivity index (χ0) is 9.56. The summed E-state index contributed by atoms with van der Waals surface area (Å²) in [5.74, 6) is 0.0204. The molecule has 70 valence electrons. The van der Waals surface area contributed by atoms with Crippen LogP contribution in [0.1, 0.15) is 19.8 Å². The van der Waals surface area contributed by atoms with Crippen molar-refractivity contribution in [3.8, 4) is 0 Å². The zero-order valence-corrected chi connectivity index (χ0v) is 7.97. The molecule has 12 heavy (non-hydrogen) atoms. The maximum atomic E-state index is 11.2. The first-order valence-electron chi connectivity index (χ1n) is 4.20. The van der Waals surface area contributed by atoms with Gasteiger partial charge in [-0.1, -0.05) is 6.58 Å². The molecule has 0 aliphatic rings. The first-order chi connectivity index (χ1) is 5.59. The lowest BCUT2D eigenvalue weighted by molar-refractivity contribution is -0.125. The van der Waals surface area contributed by atoms with Crippen LogP contribution in [0, 0.1) is 0 Å². The SMILES string of the molecule is C=C(C)C(=O)N(C)CCCCN. The van der Waals surface area contributed by atoms with E-state index in [1.807, 2.05) is 0 Å². The fourth-order valence-corrected chi connectivity index (χ4v) is 0.921. The van der Waals surface area contributed by atoms with Crippen molar-refractivity contribution in [2.45, 2.75) is 19.8 Å². The summed E-state index contributed by atoms with van der Waals surface area (Å²) in [6.07, 6.45) is 1.93. The maximum absolute atomic E-state index is 11.2. The minimum absolute atomic E-state index is 0.0204. The highest BCUT2D eigenvalue weighted by molar-refractivity contribution is 5.91. The van der Waals surface area contributed by atoms with E-state index in [1.165, 1.54) is 0 Å². The monoisotopic (exact) mass is 170 g/mol. The Morgan fingerprint density at radius 2 is 2.08 bits per heavy atom. The summed E-state index contributed by atoms with van der Waals surface area (Å²) in [6, 6.07) is 0. The highest BCUT2D eigenvalue weighted by Crippen LogP contribution is 1.97. The number of hydrogen-bond donors (Lipinski definition) is 1. The molecule has 0 aromatic rings. The van der Waals surface area contributed by atoms with Crippen LogP contribution >= 0.6 is 0 Å². The molecule has 2 N–H and O–H groups in total. The van der Waals surface area contributed by atoms with Gasteiger partial charge in [-0.2, -0.15) is 0 Å². The van der Waals surface area contributed by atoms with Crippen molar-refractivity contribution in [3.05, 3.63) is 12.2 Å². The molecule has 0 saturated carbocycles. The summed E-state index contributed by atoms with van der Waals surface area (Å²) < 4.78 is 0. The molecule has 0 spiro atoms. The number of nitrogens with zero attached hydrogens (tertiary/aromatic N) is 1. The molecule has 3 heteroatoms. The van der Waals surface area contributed by atoms with Gasteiger partial charge in [0, 0.05) is 19.2 Å². The van der Waals surface area contributed by atoms with Crippen molar-refractivity contribution in [2.24, 2.45) is 5.73 Å². The molecule has 0 rings (SSSR count). The molecule has 0 radical (unpaired) electrons. The Hall–Kier alpha value is -0.830. The van der Waals surface area contributed by atoms with E-state index in [0.29, 0.717) is 12.1 Å². The van der Waals surface area contributed by atoms with E-state index in [4.69, 9.17) is 5.73 Å². The maximum Gasteiger partial charge on any atom is 0.248 e. The van der Waals surface area contributed by atoms with Gasteiger partial charge in [0.2, 0.25) is 5.91 Å². The van der Waals surface area contributed by atoms with Gasteiger partial charge in [-0.15, -0.1) is 0 Å². The van der Waals surface area contributed by atoms with Gasteiger partial charge in [0.05, 0.1) is 0 Å². The molecule has 0 unspecified atom stereocenters. The van der Waals surface area contributed by atoms with Crippen LogP contribution in [0.15, 0.2) is 12.2 Å². The highest BCUT2D eigenvalue weighted by Gasteiger charge is 2.07. The van der Waals surface area contributed by atoms with Crippen LogP contribution in [-0.4, -0.2) is 30.9 Å². The number of unbranched alkanes of at least 4 members (excludes halogenated alkanes) is 1. The normalized spacial score (nSPS) is 9.58. The van der Waals surface area contributed by atoms with E-state index < -0.39 is 0 Å². The molecule has 1 amide bonds. The van der Waals surface area contributed by atoms with Gasteiger partial charge in [-0.05, 0) is 26.3 Å². The molecule has 0 fully saturated rings. The minimum Gasteiger partial charge on any atom is -0.342 e. The second-order valence-electron chi connectivity index (χ2n) is 3.00. The van der Waals surface area contributed by atoms with Crippen LogP contribution in [-0.2, 0) is 4.79 Å². The van der Waals surface area contributed by atoms with Crippen LogP contribution in [0.25, 0.3) is 0 Å². The second-order valence-corrected chi connectivity index (χ2v) is 3.00. The van der Waals surface area contributed by atoms with Gasteiger partial charge in [-0.25, -0.2) is 0 Å². The van der Waals surface area contributed by atoms with Crippen molar-refractivity contribution >= 4 is 5.91 Å². The summed E-state index contributed by atoms with van der Waals surface area (Å²) in [6.45, 7) is 6.77. The zero-order valence-electron chi connectivity index (χ0n) is 7.97. The molecule has 0 saturated heterocycles. The standard InChI is InChI=1S/C9H18N2O/c1-8(2)9(12)11(3)7-5-4-6-10/h1,4-7,10H2,2-3H3. The van der Waals surface area contributed by atoms with Gasteiger partial charge in [0.1, 0.15) is 0 Å². The van der Waals surface area contributed by atoms with E-state index in [-0.39, 0.29) is 5.91 Å². The molecule has 0 aromatic carbocycles. The summed E-state index contributed by atoms with van der Waals surface area (Å²) in [7, 11) is 1.79. The van der Waals surface area contributed by atoms with Crippen molar-refractivity contribution in [3.63, 3.8) is 0 Å². The Balaban J connectivity index is 3.64. The van der Waals surface area contributed by atoms with Crippen LogP contribution in [0.3, 0.4) is 0 Å². The fourth-order valence-electron chi connectivity index (χ4n) is 0.921. The number of rotatable bonds is 5. The molecule has 0 aromatic heterocycles. The Labute approximate surface area is 74.2 Å². The van der Waals surface area contributed by atoms with Gasteiger partial charge < -0.3 is 10.6 Å². The van der Waals surface area contributed by atoms with Crippen molar-refractivity contribution in [1.82, 2.24) is 4.90 Å². The lowest BCUT2D eigenvalue weighted by atomic mass is 10.2. The number of nitrogens with two attached hydrogens (primary N) is 1. The van der Waals surface area contributed by atoms with Gasteiger partial charge in [0.25, 0.3) is 0 Å². The quantitative estimate of drug-likeness (QED) is 0.489. The summed E-state index contributed by atoms with van der Waals surface area (Å²) in [4.78, 5) is 12.9. The molecule has 3 nitrogen and oxygen atoms in total. The van der Waals surface area contributed by atoms with Gasteiger partial charge >= 0.3 is 0 Å². The van der Waals surface area contributed by atoms with Crippen LogP contribution < -0.4 is 5.73 Å². The summed E-state index contributed by atoms with van der Waals surface area (Å²) in [5.41, 5.74) is 5.92. The third-order valence-electron chi connectivity index (χ3n) is 1.66. The molecule has 0 bridgehead atoms. The van der Waals surface area contributed by atoms with Crippen LogP contribution in [0.2, 0.25) is 0 Å². The van der Waals surface area contributed by atoms with Crippen molar-refractivity contribution in [1.29, 1.82) is 0 Å². The Morgan fingerprint density at radius 3 is 2.50 bits per heavy atom. The van der Waals surface area contributed by atoms with Crippen LogP contribution in [0.5, 0.6) is 0 Å². The highest BCUT2D eigenvalue weighted by atomic mass is 16.2. The number of amides is 1. The molecular formula is C9H18N2O. The number of carbonyl (C=O) groups is 1. The molecule has 0 heterocycles. The molecular weight excluding hydrogens is 152 g/mol. The minimum atomic E-state index is 0.0204. The first-order valence-corrected chi connectivity index (χ1v) is 4.20. The Bertz CT molecular complexity index is 166. The molecule has 0 aliphatic heterocycles. The second kappa shape index (κ2) is 5.77. The van der Waals surface area contributed by atoms with Gasteiger partial charge in [0.15, 0.2) is 0 Å². The Kier molecular flexibility index (Phi) is 5.37. The fraction of sp³-hybridized carbons (Fsp3) is 0.667. The lowest BCUT2D eigenvalue weighted by Gasteiger charge is -2.16. The molecule has 0 aliphatic carbocycles. The average molecular weight is 170 g/mol. The number of carbonyl (C=O) groups excluding carboxylic acids is 1. The summed E-state index contributed by atoms with van der Waals surface area (Å²) >= 11 is 0. The topological polar surface area (TPSA) is 46.3 Å². The number of hydrogen-bond acceptors (Lipinski definition) is 2. The smallest absolute Gasteiger partial charge is 0.248 e. The van der Waals surface area contributed by atoms with E-state index in [9.17, 15) is 4.79 Å². The largest absolute Gasteiger partial charge is 0.342 e. The van der Waals surface area contributed by atoms with E-state index >= 15 is 0 Å². The third-order valence-corrected chi connectivity index (χ3v) is 1.66. The Morgan fingerprint density at radius 1 is 1.50 bits per heavy atom. The van der Waals surface area contributed by atoms with Crippen molar-refractivity contribution < 1.29 is 4.79 Å². The lowest BCUT2D eigenvalue weighted by Crippen LogP contribution is -2.28. The summed E-state index contributed by atoms with van der Waals surface area (Å²) in [5, 5.41) is 0. The van der Waals surface area contributed by atoms with Crippen molar-refractivity contribution in [2.75, 3.05) is 20.1 Å².